The van der Waals surface area contributed by atoms with E-state index in [0.717, 1.165) is 29.7 Å². The summed E-state index contributed by atoms with van der Waals surface area (Å²) in [7, 11) is 0. The summed E-state index contributed by atoms with van der Waals surface area (Å²) in [6.45, 7) is 0.740. The Morgan fingerprint density at radius 3 is 2.41 bits per heavy atom. The van der Waals surface area contributed by atoms with Crippen LogP contribution in [0.25, 0.3) is 10.8 Å². The van der Waals surface area contributed by atoms with Crippen LogP contribution in [0.2, 0.25) is 0 Å². The quantitative estimate of drug-likeness (QED) is 0.242. The number of phenols is 1. The van der Waals surface area contributed by atoms with E-state index in [-0.39, 0.29) is 12.4 Å². The molecule has 0 amide bonds. The summed E-state index contributed by atoms with van der Waals surface area (Å²) >= 11 is 3.89. The van der Waals surface area contributed by atoms with Gasteiger partial charge < -0.3 is 15.5 Å². The lowest BCUT2D eigenvalue weighted by Crippen LogP contribution is -2.34. The molecule has 11 heteroatoms. The Labute approximate surface area is 198 Å². The summed E-state index contributed by atoms with van der Waals surface area (Å²) in [5.74, 6) is -2.29. The first-order valence-corrected chi connectivity index (χ1v) is 11.0. The van der Waals surface area contributed by atoms with Gasteiger partial charge in [0, 0.05) is 42.5 Å². The molecule has 0 bridgehead atoms. The zero-order chi connectivity index (χ0) is 24.9. The Morgan fingerprint density at radius 2 is 1.82 bits per heavy atom. The number of aromatic hydroxyl groups is 1. The van der Waals surface area contributed by atoms with Crippen molar-refractivity contribution in [3.05, 3.63) is 71.1 Å². The third-order valence-corrected chi connectivity index (χ3v) is 5.78. The highest BCUT2D eigenvalue weighted by atomic mass is 32.1. The fraction of sp³-hybridized carbons (Fsp3) is 0.348. The minimum absolute atomic E-state index is 0.242. The van der Waals surface area contributed by atoms with Crippen LogP contribution in [0.4, 0.5) is 22.0 Å². The van der Waals surface area contributed by atoms with Gasteiger partial charge in [0.15, 0.2) is 0 Å². The molecule has 4 rings (SSSR count). The summed E-state index contributed by atoms with van der Waals surface area (Å²) in [4.78, 5) is 4.12. The number of nitrogens with zero attached hydrogens (tertiary/aromatic N) is 1. The summed E-state index contributed by atoms with van der Waals surface area (Å²) < 4.78 is 65.2. The van der Waals surface area contributed by atoms with Crippen molar-refractivity contribution in [1.82, 2.24) is 15.0 Å². The molecule has 1 heterocycles. The average Bonchev–Trinajstić information content (AvgIpc) is 2.75. The zero-order valence-electron chi connectivity index (χ0n) is 17.9. The second kappa shape index (κ2) is 11.3. The lowest BCUT2D eigenvalue weighted by molar-refractivity contribution is -0.140. The van der Waals surface area contributed by atoms with Crippen molar-refractivity contribution >= 4 is 23.6 Å². The van der Waals surface area contributed by atoms with Gasteiger partial charge in [-0.15, -0.1) is 0 Å². The minimum atomic E-state index is -4.76. The van der Waals surface area contributed by atoms with Gasteiger partial charge in [-0.25, -0.2) is 8.78 Å². The van der Waals surface area contributed by atoms with E-state index in [1.54, 1.807) is 18.5 Å². The Bertz CT molecular complexity index is 1130. The maximum absolute atomic E-state index is 14.5. The molecule has 0 radical (unpaired) electrons. The number of hydrogen-bond acceptors (Lipinski definition) is 6. The summed E-state index contributed by atoms with van der Waals surface area (Å²) in [5.41, 5.74) is -0.281. The fourth-order valence-electron chi connectivity index (χ4n) is 3.56. The van der Waals surface area contributed by atoms with Crippen LogP contribution in [0.1, 0.15) is 42.1 Å². The predicted octanol–water partition coefficient (Wildman–Crippen LogP) is 5.03. The van der Waals surface area contributed by atoms with Crippen molar-refractivity contribution in [2.24, 2.45) is 0 Å². The highest BCUT2D eigenvalue weighted by Crippen LogP contribution is 2.33. The van der Waals surface area contributed by atoms with Crippen molar-refractivity contribution < 1.29 is 32.2 Å². The van der Waals surface area contributed by atoms with Crippen molar-refractivity contribution in [3.8, 4) is 5.75 Å². The first kappa shape index (κ1) is 26.1. The molecular weight excluding hydrogens is 477 g/mol. The third kappa shape index (κ3) is 6.35. The van der Waals surface area contributed by atoms with Gasteiger partial charge in [-0.3, -0.25) is 9.71 Å². The number of phenolic OH excluding ortho intramolecular Hbond substituents is 1. The molecule has 0 aliphatic heterocycles. The van der Waals surface area contributed by atoms with Crippen molar-refractivity contribution in [3.63, 3.8) is 0 Å². The van der Waals surface area contributed by atoms with Crippen LogP contribution < -0.4 is 10.0 Å². The Kier molecular flexibility index (Phi) is 8.69. The molecule has 2 aromatic carbocycles. The maximum atomic E-state index is 14.5. The van der Waals surface area contributed by atoms with Crippen molar-refractivity contribution in [2.75, 3.05) is 6.54 Å². The van der Waals surface area contributed by atoms with E-state index in [2.05, 4.69) is 27.8 Å². The molecule has 4 N–H and O–H groups in total. The molecule has 184 valence electrons. The molecule has 1 aliphatic carbocycles. The molecule has 5 nitrogen and oxygen atoms in total. The fourth-order valence-corrected chi connectivity index (χ4v) is 3.73. The van der Waals surface area contributed by atoms with E-state index >= 15 is 0 Å². The standard InChI is InChI=1S/C16H20FN3OS.C7H4F4O/c17-15-6-12(16(21)9-20-22)13-7-18-5-4-11(13)14(15)8-19-10-2-1-3-10;8-6-2-1-4(12)3-5(6)7(9,10)11/h4-7,10,16,19-22H,1-3,8-9H2;1-3,12H. The van der Waals surface area contributed by atoms with Gasteiger partial charge in [-0.05, 0) is 54.1 Å². The Morgan fingerprint density at radius 1 is 1.09 bits per heavy atom. The summed E-state index contributed by atoms with van der Waals surface area (Å²) in [5, 5.41) is 23.8. The average molecular weight is 502 g/mol. The third-order valence-electron chi connectivity index (χ3n) is 5.60. The van der Waals surface area contributed by atoms with Crippen molar-refractivity contribution in [2.45, 2.75) is 44.1 Å². The number of fused-ring (bicyclic) bond motifs is 1. The first-order chi connectivity index (χ1) is 16.1. The molecule has 1 saturated carbocycles. The molecule has 34 heavy (non-hydrogen) atoms. The molecule has 0 saturated heterocycles. The molecular formula is C23H24F5N3O2S. The zero-order valence-corrected chi connectivity index (χ0v) is 18.8. The van der Waals surface area contributed by atoms with Gasteiger partial charge in [0.1, 0.15) is 17.4 Å². The number of rotatable bonds is 6. The van der Waals surface area contributed by atoms with Crippen LogP contribution in [-0.2, 0) is 12.7 Å². The van der Waals surface area contributed by atoms with Crippen LogP contribution in [0.5, 0.6) is 5.75 Å². The topological polar surface area (TPSA) is 77.4 Å². The monoisotopic (exact) mass is 501 g/mol. The van der Waals surface area contributed by atoms with Crippen LogP contribution >= 0.6 is 12.8 Å². The molecule has 1 aliphatic rings. The van der Waals surface area contributed by atoms with E-state index in [0.29, 0.717) is 35.8 Å². The number of aliphatic hydroxyl groups excluding tert-OH is 1. The number of aliphatic hydroxyl groups is 1. The summed E-state index contributed by atoms with van der Waals surface area (Å²) in [6, 6.07) is 5.48. The van der Waals surface area contributed by atoms with Gasteiger partial charge in [0.2, 0.25) is 0 Å². The Hall–Kier alpha value is -2.47. The molecule has 0 spiro atoms. The SMILES string of the molecule is OC(CNS)c1cc(F)c(CNC2CCC2)c2ccncc12.Oc1ccc(F)c(C(F)(F)F)c1. The van der Waals surface area contributed by atoms with E-state index in [9.17, 15) is 27.1 Å². The van der Waals surface area contributed by atoms with Gasteiger partial charge in [0.25, 0.3) is 0 Å². The first-order valence-electron chi connectivity index (χ1n) is 10.5. The number of thiol groups is 1. The van der Waals surface area contributed by atoms with Crippen LogP contribution in [0.3, 0.4) is 0 Å². The lowest BCUT2D eigenvalue weighted by atomic mass is 9.92. The number of nitrogens with one attached hydrogen (secondary N) is 2. The Balaban J connectivity index is 0.000000229. The van der Waals surface area contributed by atoms with Crippen LogP contribution in [0.15, 0.2) is 42.7 Å². The van der Waals surface area contributed by atoms with Gasteiger partial charge in [-0.1, -0.05) is 19.2 Å². The molecule has 3 aromatic rings. The van der Waals surface area contributed by atoms with Crippen LogP contribution in [-0.4, -0.2) is 27.8 Å². The number of halogens is 5. The summed E-state index contributed by atoms with van der Waals surface area (Å²) in [6.07, 6.45) is 1.31. The van der Waals surface area contributed by atoms with E-state index in [1.807, 2.05) is 0 Å². The van der Waals surface area contributed by atoms with Crippen LogP contribution in [0, 0.1) is 11.6 Å². The van der Waals surface area contributed by atoms with E-state index < -0.39 is 29.4 Å². The number of pyridine rings is 1. The largest absolute Gasteiger partial charge is 0.508 e. The normalized spacial score (nSPS) is 14.9. The number of hydrogen-bond donors (Lipinski definition) is 5. The number of alkyl halides is 3. The van der Waals surface area contributed by atoms with Gasteiger partial charge >= 0.3 is 6.18 Å². The number of benzene rings is 2. The molecule has 1 aromatic heterocycles. The second-order valence-electron chi connectivity index (χ2n) is 7.90. The predicted molar refractivity (Wildman–Crippen MR) is 121 cm³/mol. The molecule has 1 atom stereocenters. The highest BCUT2D eigenvalue weighted by Gasteiger charge is 2.34. The highest BCUT2D eigenvalue weighted by molar-refractivity contribution is 7.78. The van der Waals surface area contributed by atoms with Gasteiger partial charge in [-0.2, -0.15) is 13.2 Å². The second-order valence-corrected chi connectivity index (χ2v) is 8.21. The molecule has 1 unspecified atom stereocenters. The van der Waals surface area contributed by atoms with Gasteiger partial charge in [0.05, 0.1) is 11.7 Å². The maximum Gasteiger partial charge on any atom is 0.419 e. The number of aromatic nitrogens is 1. The minimum Gasteiger partial charge on any atom is -0.508 e. The smallest absolute Gasteiger partial charge is 0.419 e. The van der Waals surface area contributed by atoms with E-state index in [4.69, 9.17) is 5.11 Å². The van der Waals surface area contributed by atoms with Crippen molar-refractivity contribution in [1.29, 1.82) is 0 Å². The lowest BCUT2D eigenvalue weighted by Gasteiger charge is -2.27. The molecule has 1 fully saturated rings. The van der Waals surface area contributed by atoms with E-state index in [1.165, 1.54) is 12.5 Å².